The lowest BCUT2D eigenvalue weighted by Gasteiger charge is -2.21. The monoisotopic (exact) mass is 378 g/mol. The summed E-state index contributed by atoms with van der Waals surface area (Å²) in [4.78, 5) is 21.8. The summed E-state index contributed by atoms with van der Waals surface area (Å²) in [5, 5.41) is 11.4. The van der Waals surface area contributed by atoms with E-state index in [9.17, 15) is 18.0 Å². The maximum Gasteiger partial charge on any atom is 0.307 e. The molecule has 1 aromatic carbocycles. The number of carboxylic acids is 1. The zero-order valence-electron chi connectivity index (χ0n) is 13.7. The fourth-order valence-electron chi connectivity index (χ4n) is 1.91. The lowest BCUT2D eigenvalue weighted by Crippen LogP contribution is -2.34. The van der Waals surface area contributed by atoms with Gasteiger partial charge in [-0.3, -0.25) is 9.59 Å². The fourth-order valence-corrected chi connectivity index (χ4v) is 3.61. The van der Waals surface area contributed by atoms with Gasteiger partial charge in [-0.25, -0.2) is 8.42 Å². The molecule has 1 aromatic rings. The molecule has 134 valence electrons. The van der Waals surface area contributed by atoms with Crippen LogP contribution in [0.2, 0.25) is 5.02 Å². The third-order valence-corrected chi connectivity index (χ3v) is 5.36. The maximum atomic E-state index is 12.7. The van der Waals surface area contributed by atoms with Crippen LogP contribution in [0.15, 0.2) is 17.0 Å². The van der Waals surface area contributed by atoms with Crippen molar-refractivity contribution in [2.24, 2.45) is 5.92 Å². The number of carbonyl (C=O) groups is 2. The second kappa shape index (κ2) is 7.82. The van der Waals surface area contributed by atoms with Crippen LogP contribution in [0.1, 0.15) is 13.8 Å². The Hall–Kier alpha value is -1.84. The van der Waals surface area contributed by atoms with Gasteiger partial charge in [0, 0.05) is 26.6 Å². The SMILES string of the molecule is COc1cc(NC(C)=O)c(Cl)cc1S(=O)(=O)N(C)CC(C)C(=O)O. The van der Waals surface area contributed by atoms with Gasteiger partial charge in [-0.15, -0.1) is 0 Å². The zero-order valence-corrected chi connectivity index (χ0v) is 15.2. The second-order valence-electron chi connectivity index (χ2n) is 5.19. The molecule has 0 radical (unpaired) electrons. The van der Waals surface area contributed by atoms with Crippen molar-refractivity contribution in [2.45, 2.75) is 18.7 Å². The Morgan fingerprint density at radius 2 is 2.00 bits per heavy atom. The first-order valence-electron chi connectivity index (χ1n) is 6.85. The van der Waals surface area contributed by atoms with E-state index in [1.165, 1.54) is 34.1 Å². The van der Waals surface area contributed by atoms with E-state index in [1.807, 2.05) is 0 Å². The third-order valence-electron chi connectivity index (χ3n) is 3.20. The highest BCUT2D eigenvalue weighted by Gasteiger charge is 2.29. The molecule has 0 fully saturated rings. The summed E-state index contributed by atoms with van der Waals surface area (Å²) in [7, 11) is -1.49. The van der Waals surface area contributed by atoms with Gasteiger partial charge >= 0.3 is 5.97 Å². The number of rotatable bonds is 7. The maximum absolute atomic E-state index is 12.7. The van der Waals surface area contributed by atoms with Gasteiger partial charge in [0.1, 0.15) is 10.6 Å². The van der Waals surface area contributed by atoms with E-state index in [2.05, 4.69) is 5.32 Å². The Morgan fingerprint density at radius 1 is 1.42 bits per heavy atom. The zero-order chi connectivity index (χ0) is 18.7. The lowest BCUT2D eigenvalue weighted by molar-refractivity contribution is -0.141. The molecule has 0 saturated heterocycles. The van der Waals surface area contributed by atoms with Crippen LogP contribution in [0.25, 0.3) is 0 Å². The van der Waals surface area contributed by atoms with E-state index in [-0.39, 0.29) is 33.8 Å². The summed E-state index contributed by atoms with van der Waals surface area (Å²) in [6.07, 6.45) is 0. The predicted molar refractivity (Wildman–Crippen MR) is 88.9 cm³/mol. The van der Waals surface area contributed by atoms with Crippen molar-refractivity contribution >= 4 is 39.2 Å². The molecule has 24 heavy (non-hydrogen) atoms. The normalized spacial score (nSPS) is 12.8. The number of carboxylic acid groups (broad SMARTS) is 1. The van der Waals surface area contributed by atoms with E-state index >= 15 is 0 Å². The van der Waals surface area contributed by atoms with Crippen molar-refractivity contribution in [3.8, 4) is 5.75 Å². The molecular weight excluding hydrogens is 360 g/mol. The third kappa shape index (κ3) is 4.59. The van der Waals surface area contributed by atoms with Crippen molar-refractivity contribution in [1.29, 1.82) is 0 Å². The molecule has 0 heterocycles. The lowest BCUT2D eigenvalue weighted by atomic mass is 10.2. The molecule has 0 spiro atoms. The molecule has 0 aromatic heterocycles. The molecule has 0 aliphatic heterocycles. The van der Waals surface area contributed by atoms with Gasteiger partial charge in [0.05, 0.1) is 23.7 Å². The molecule has 1 atom stereocenters. The van der Waals surface area contributed by atoms with Gasteiger partial charge < -0.3 is 15.2 Å². The summed E-state index contributed by atoms with van der Waals surface area (Å²) >= 11 is 6.02. The quantitative estimate of drug-likeness (QED) is 0.745. The smallest absolute Gasteiger partial charge is 0.307 e. The number of amides is 1. The van der Waals surface area contributed by atoms with Crippen LogP contribution in [0, 0.1) is 5.92 Å². The van der Waals surface area contributed by atoms with Crippen LogP contribution >= 0.6 is 11.6 Å². The first kappa shape index (κ1) is 20.2. The number of aliphatic carboxylic acids is 1. The molecule has 0 bridgehead atoms. The number of methoxy groups -OCH3 is 1. The Morgan fingerprint density at radius 3 is 2.46 bits per heavy atom. The van der Waals surface area contributed by atoms with E-state index in [0.717, 1.165) is 10.4 Å². The minimum Gasteiger partial charge on any atom is -0.495 e. The fraction of sp³-hybridized carbons (Fsp3) is 0.429. The molecule has 0 aliphatic rings. The predicted octanol–water partition coefficient (Wildman–Crippen LogP) is 1.65. The topological polar surface area (TPSA) is 113 Å². The van der Waals surface area contributed by atoms with Crippen LogP contribution in [0.3, 0.4) is 0 Å². The second-order valence-corrected chi connectivity index (χ2v) is 7.61. The molecule has 1 amide bonds. The van der Waals surface area contributed by atoms with Gasteiger partial charge in [0.2, 0.25) is 15.9 Å². The van der Waals surface area contributed by atoms with Crippen LogP contribution in [-0.4, -0.2) is 50.4 Å². The van der Waals surface area contributed by atoms with Crippen molar-refractivity contribution < 1.29 is 27.9 Å². The Labute approximate surface area is 145 Å². The number of carbonyl (C=O) groups excluding carboxylic acids is 1. The summed E-state index contributed by atoms with van der Waals surface area (Å²) in [5.41, 5.74) is 0.210. The van der Waals surface area contributed by atoms with Crippen molar-refractivity contribution in [3.05, 3.63) is 17.2 Å². The minimum absolute atomic E-state index is 0.0158. The highest BCUT2D eigenvalue weighted by atomic mass is 35.5. The van der Waals surface area contributed by atoms with Gasteiger partial charge in [0.25, 0.3) is 0 Å². The average Bonchev–Trinajstić information content (AvgIpc) is 2.47. The highest BCUT2D eigenvalue weighted by Crippen LogP contribution is 2.35. The molecular formula is C14H19ClN2O6S. The van der Waals surface area contributed by atoms with Crippen LogP contribution in [-0.2, 0) is 19.6 Å². The van der Waals surface area contributed by atoms with Crippen molar-refractivity contribution in [3.63, 3.8) is 0 Å². The molecule has 10 heteroatoms. The van der Waals surface area contributed by atoms with Crippen molar-refractivity contribution in [2.75, 3.05) is 26.0 Å². The summed E-state index contributed by atoms with van der Waals surface area (Å²) in [6.45, 7) is 2.47. The number of hydrogen-bond acceptors (Lipinski definition) is 5. The van der Waals surface area contributed by atoms with E-state index in [4.69, 9.17) is 21.4 Å². The summed E-state index contributed by atoms with van der Waals surface area (Å²) in [6, 6.07) is 2.45. The number of benzene rings is 1. The van der Waals surface area contributed by atoms with Crippen molar-refractivity contribution in [1.82, 2.24) is 4.31 Å². The molecule has 1 rings (SSSR count). The van der Waals surface area contributed by atoms with E-state index in [0.29, 0.717) is 0 Å². The molecule has 0 saturated carbocycles. The highest BCUT2D eigenvalue weighted by molar-refractivity contribution is 7.89. The molecule has 1 unspecified atom stereocenters. The Bertz CT molecular complexity index is 750. The number of ether oxygens (including phenoxy) is 1. The molecule has 0 aliphatic carbocycles. The minimum atomic E-state index is -4.03. The van der Waals surface area contributed by atoms with Gasteiger partial charge in [0.15, 0.2) is 0 Å². The standard InChI is InChI=1S/C14H19ClN2O6S/c1-8(14(19)20)7-17(3)24(21,22)13-5-10(15)11(16-9(2)18)6-12(13)23-4/h5-6,8H,7H2,1-4H3,(H,16,18)(H,19,20). The van der Waals surface area contributed by atoms with E-state index in [1.54, 1.807) is 0 Å². The average molecular weight is 379 g/mol. The number of sulfonamides is 1. The van der Waals surface area contributed by atoms with Gasteiger partial charge in [-0.05, 0) is 6.07 Å². The number of halogens is 1. The number of hydrogen-bond donors (Lipinski definition) is 2. The molecule has 8 nitrogen and oxygen atoms in total. The van der Waals surface area contributed by atoms with Crippen LogP contribution in [0.5, 0.6) is 5.75 Å². The summed E-state index contributed by atoms with van der Waals surface area (Å²) in [5.74, 6) is -2.38. The molecule has 2 N–H and O–H groups in total. The van der Waals surface area contributed by atoms with E-state index < -0.39 is 21.9 Å². The Kier molecular flexibility index (Phi) is 6.58. The first-order chi connectivity index (χ1) is 11.0. The van der Waals surface area contributed by atoms with Crippen LogP contribution in [0.4, 0.5) is 5.69 Å². The number of anilines is 1. The largest absolute Gasteiger partial charge is 0.495 e. The number of nitrogens with zero attached hydrogens (tertiary/aromatic N) is 1. The first-order valence-corrected chi connectivity index (χ1v) is 8.66. The Balaban J connectivity index is 3.30. The van der Waals surface area contributed by atoms with Gasteiger partial charge in [-0.2, -0.15) is 4.31 Å². The summed E-state index contributed by atoms with van der Waals surface area (Å²) < 4.78 is 31.3. The van der Waals surface area contributed by atoms with Crippen LogP contribution < -0.4 is 10.1 Å². The number of nitrogens with one attached hydrogen (secondary N) is 1. The van der Waals surface area contributed by atoms with Gasteiger partial charge in [-0.1, -0.05) is 18.5 Å².